The normalized spacial score (nSPS) is 11.2. The fraction of sp³-hybridized carbons (Fsp3) is 0. The highest BCUT2D eigenvalue weighted by atomic mass is 14.9. The van der Waals surface area contributed by atoms with Crippen molar-refractivity contribution in [2.45, 2.75) is 0 Å². The number of benzene rings is 9. The van der Waals surface area contributed by atoms with Gasteiger partial charge in [0.25, 0.3) is 0 Å². The van der Waals surface area contributed by atoms with Crippen molar-refractivity contribution in [1.82, 2.24) is 9.97 Å². The molecule has 10 aromatic rings. The van der Waals surface area contributed by atoms with Crippen molar-refractivity contribution in [3.63, 3.8) is 0 Å². The molecule has 1 heterocycles. The molecule has 10 rings (SSSR count). The fourth-order valence-electron chi connectivity index (χ4n) is 7.77. The van der Waals surface area contributed by atoms with Crippen molar-refractivity contribution in [2.75, 3.05) is 0 Å². The Bertz CT molecular complexity index is 2990. The second-order valence-corrected chi connectivity index (χ2v) is 14.2. The zero-order valence-electron chi connectivity index (χ0n) is 30.7. The van der Waals surface area contributed by atoms with Gasteiger partial charge in [-0.15, -0.1) is 0 Å². The van der Waals surface area contributed by atoms with E-state index in [1.165, 1.54) is 44.3 Å². The number of hydrogen-bond acceptors (Lipinski definition) is 2. The molecular formula is C54H36N2. The predicted molar refractivity (Wildman–Crippen MR) is 235 cm³/mol. The summed E-state index contributed by atoms with van der Waals surface area (Å²) in [6.07, 6.45) is 0. The van der Waals surface area contributed by atoms with Crippen molar-refractivity contribution in [3.8, 4) is 78.3 Å². The molecule has 0 aliphatic rings. The van der Waals surface area contributed by atoms with Crippen LogP contribution < -0.4 is 0 Å². The number of rotatable bonds is 7. The van der Waals surface area contributed by atoms with Crippen LogP contribution in [-0.4, -0.2) is 9.97 Å². The highest BCUT2D eigenvalue weighted by Gasteiger charge is 2.15. The van der Waals surface area contributed by atoms with Crippen LogP contribution in [0.5, 0.6) is 0 Å². The molecule has 0 bridgehead atoms. The van der Waals surface area contributed by atoms with Gasteiger partial charge in [-0.05, 0) is 90.7 Å². The van der Waals surface area contributed by atoms with Gasteiger partial charge < -0.3 is 0 Å². The minimum Gasteiger partial charge on any atom is -0.228 e. The number of nitrogens with zero attached hydrogens (tertiary/aromatic N) is 2. The van der Waals surface area contributed by atoms with Gasteiger partial charge in [-0.25, -0.2) is 9.97 Å². The number of hydrogen-bond donors (Lipinski definition) is 0. The summed E-state index contributed by atoms with van der Waals surface area (Å²) in [5.41, 5.74) is 15.8. The lowest BCUT2D eigenvalue weighted by Gasteiger charge is -2.13. The van der Waals surface area contributed by atoms with E-state index in [4.69, 9.17) is 9.97 Å². The average Bonchev–Trinajstić information content (AvgIpc) is 3.29. The number of fused-ring (bicyclic) bond motifs is 3. The van der Waals surface area contributed by atoms with E-state index in [1.807, 2.05) is 0 Å². The third kappa shape index (κ3) is 6.44. The standard InChI is InChI=1S/C54H36N2/c1-3-12-37(13-4-1)44-17-9-20-47(34-44)48-21-10-18-45(35-48)41-26-24-39(25-27-41)40-28-30-43(31-29-40)54-55-51-33-32-42-16-7-8-23-50(42)52(51)53(56-54)49-22-11-19-46(36-49)38-14-5-2-6-15-38/h1-36H. The van der Waals surface area contributed by atoms with Gasteiger partial charge in [0.1, 0.15) is 0 Å². The molecular weight excluding hydrogens is 677 g/mol. The average molecular weight is 713 g/mol. The second kappa shape index (κ2) is 14.4. The first-order chi connectivity index (χ1) is 27.7. The van der Waals surface area contributed by atoms with Gasteiger partial charge in [-0.3, -0.25) is 0 Å². The van der Waals surface area contributed by atoms with E-state index >= 15 is 0 Å². The maximum atomic E-state index is 5.31. The van der Waals surface area contributed by atoms with Crippen molar-refractivity contribution in [1.29, 1.82) is 0 Å². The third-order valence-electron chi connectivity index (χ3n) is 10.7. The van der Waals surface area contributed by atoms with Crippen LogP contribution in [0.2, 0.25) is 0 Å². The molecule has 2 heteroatoms. The van der Waals surface area contributed by atoms with E-state index in [0.29, 0.717) is 5.82 Å². The maximum absolute atomic E-state index is 5.31. The van der Waals surface area contributed by atoms with Crippen LogP contribution in [-0.2, 0) is 0 Å². The van der Waals surface area contributed by atoms with Gasteiger partial charge in [0.2, 0.25) is 0 Å². The summed E-state index contributed by atoms with van der Waals surface area (Å²) in [6, 6.07) is 77.6. The zero-order valence-corrected chi connectivity index (χ0v) is 30.7. The maximum Gasteiger partial charge on any atom is 0.160 e. The molecule has 0 radical (unpaired) electrons. The molecule has 0 aliphatic carbocycles. The van der Waals surface area contributed by atoms with Gasteiger partial charge in [-0.1, -0.05) is 194 Å². The lowest BCUT2D eigenvalue weighted by atomic mass is 9.95. The van der Waals surface area contributed by atoms with Gasteiger partial charge in [0.05, 0.1) is 11.2 Å². The van der Waals surface area contributed by atoms with E-state index in [0.717, 1.165) is 49.8 Å². The van der Waals surface area contributed by atoms with Crippen molar-refractivity contribution in [3.05, 3.63) is 218 Å². The van der Waals surface area contributed by atoms with Crippen LogP contribution in [0.25, 0.3) is 100.0 Å². The summed E-state index contributed by atoms with van der Waals surface area (Å²) >= 11 is 0. The van der Waals surface area contributed by atoms with Crippen LogP contribution in [0.15, 0.2) is 218 Å². The minimum absolute atomic E-state index is 0.712. The monoisotopic (exact) mass is 712 g/mol. The van der Waals surface area contributed by atoms with Crippen LogP contribution in [0.3, 0.4) is 0 Å². The summed E-state index contributed by atoms with van der Waals surface area (Å²) < 4.78 is 0. The Kier molecular flexibility index (Phi) is 8.55. The Morgan fingerprint density at radius 3 is 1.20 bits per heavy atom. The van der Waals surface area contributed by atoms with Gasteiger partial charge in [-0.2, -0.15) is 0 Å². The van der Waals surface area contributed by atoms with E-state index in [-0.39, 0.29) is 0 Å². The van der Waals surface area contributed by atoms with Crippen LogP contribution >= 0.6 is 0 Å². The number of aromatic nitrogens is 2. The Hall–Kier alpha value is -7.42. The summed E-state index contributed by atoms with van der Waals surface area (Å²) in [5, 5.41) is 3.40. The van der Waals surface area contributed by atoms with Gasteiger partial charge in [0, 0.05) is 16.5 Å². The van der Waals surface area contributed by atoms with E-state index in [1.54, 1.807) is 0 Å². The first-order valence-corrected chi connectivity index (χ1v) is 19.1. The third-order valence-corrected chi connectivity index (χ3v) is 10.7. The molecule has 0 aliphatic heterocycles. The smallest absolute Gasteiger partial charge is 0.160 e. The molecule has 0 amide bonds. The van der Waals surface area contributed by atoms with E-state index in [9.17, 15) is 0 Å². The molecule has 56 heavy (non-hydrogen) atoms. The molecule has 0 saturated carbocycles. The lowest BCUT2D eigenvalue weighted by molar-refractivity contribution is 1.23. The summed E-state index contributed by atoms with van der Waals surface area (Å²) in [6.45, 7) is 0. The van der Waals surface area contributed by atoms with Crippen molar-refractivity contribution < 1.29 is 0 Å². The highest BCUT2D eigenvalue weighted by Crippen LogP contribution is 2.37. The second-order valence-electron chi connectivity index (χ2n) is 14.2. The first kappa shape index (κ1) is 33.2. The molecule has 0 N–H and O–H groups in total. The quantitative estimate of drug-likeness (QED) is 0.154. The molecule has 0 unspecified atom stereocenters. The molecule has 1 aromatic heterocycles. The molecule has 0 spiro atoms. The first-order valence-electron chi connectivity index (χ1n) is 19.1. The lowest BCUT2D eigenvalue weighted by Crippen LogP contribution is -1.96. The molecule has 0 saturated heterocycles. The van der Waals surface area contributed by atoms with Crippen LogP contribution in [0, 0.1) is 0 Å². The van der Waals surface area contributed by atoms with Crippen molar-refractivity contribution in [2.24, 2.45) is 0 Å². The van der Waals surface area contributed by atoms with Gasteiger partial charge in [0.15, 0.2) is 5.82 Å². The van der Waals surface area contributed by atoms with Crippen LogP contribution in [0.4, 0.5) is 0 Å². The van der Waals surface area contributed by atoms with Crippen LogP contribution in [0.1, 0.15) is 0 Å². The zero-order chi connectivity index (χ0) is 37.3. The molecule has 9 aromatic carbocycles. The fourth-order valence-corrected chi connectivity index (χ4v) is 7.77. The topological polar surface area (TPSA) is 25.8 Å². The summed E-state index contributed by atoms with van der Waals surface area (Å²) in [5.74, 6) is 0.712. The Balaban J connectivity index is 0.961. The Labute approximate surface area is 327 Å². The van der Waals surface area contributed by atoms with Gasteiger partial charge >= 0.3 is 0 Å². The molecule has 0 atom stereocenters. The largest absolute Gasteiger partial charge is 0.228 e. The SMILES string of the molecule is c1ccc(-c2cccc(-c3cccc(-c4ccc(-c5ccc(-c6nc(-c7cccc(-c8ccccc8)c7)c7c(ccc8ccccc87)n6)cc5)cc4)c3)c2)cc1. The summed E-state index contributed by atoms with van der Waals surface area (Å²) in [4.78, 5) is 10.5. The van der Waals surface area contributed by atoms with E-state index in [2.05, 4.69) is 218 Å². The highest BCUT2D eigenvalue weighted by molar-refractivity contribution is 6.12. The molecule has 262 valence electrons. The Morgan fingerprint density at radius 1 is 0.250 bits per heavy atom. The molecule has 2 nitrogen and oxygen atoms in total. The van der Waals surface area contributed by atoms with Crippen molar-refractivity contribution >= 4 is 21.7 Å². The van der Waals surface area contributed by atoms with E-state index < -0.39 is 0 Å². The molecule has 0 fully saturated rings. The minimum atomic E-state index is 0.712. The summed E-state index contributed by atoms with van der Waals surface area (Å²) in [7, 11) is 0. The predicted octanol–water partition coefficient (Wildman–Crippen LogP) is 14.5. The Morgan fingerprint density at radius 2 is 0.643 bits per heavy atom.